The highest BCUT2D eigenvalue weighted by molar-refractivity contribution is 5.66. The number of carbonyl (C=O) groups is 2. The van der Waals surface area contributed by atoms with E-state index in [-0.39, 0.29) is 70.0 Å². The molecule has 0 aliphatic heterocycles. The van der Waals surface area contributed by atoms with Crippen molar-refractivity contribution in [1.29, 1.82) is 0 Å². The van der Waals surface area contributed by atoms with Crippen LogP contribution in [0.4, 0.5) is 0 Å². The van der Waals surface area contributed by atoms with E-state index in [2.05, 4.69) is 60.8 Å². The molecule has 350 valence electrons. The predicted molar refractivity (Wildman–Crippen MR) is 237 cm³/mol. The molecule has 0 aromatic carbocycles. The quantitative estimate of drug-likeness (QED) is 0.0643. The van der Waals surface area contributed by atoms with E-state index in [4.69, 9.17) is 29.0 Å². The van der Waals surface area contributed by atoms with E-state index in [0.29, 0.717) is 47.0 Å². The second kappa shape index (κ2) is 18.8. The van der Waals surface area contributed by atoms with Gasteiger partial charge in [0.2, 0.25) is 0 Å². The molecule has 7 unspecified atom stereocenters. The van der Waals surface area contributed by atoms with Crippen molar-refractivity contribution >= 4 is 11.9 Å². The van der Waals surface area contributed by atoms with Gasteiger partial charge in [-0.1, -0.05) is 66.3 Å². The van der Waals surface area contributed by atoms with Crippen LogP contribution in [-0.4, -0.2) is 58.8 Å². The zero-order valence-corrected chi connectivity index (χ0v) is 39.6. The molecule has 8 aliphatic rings. The van der Waals surface area contributed by atoms with E-state index < -0.39 is 6.10 Å². The van der Waals surface area contributed by atoms with Gasteiger partial charge in [0.05, 0.1) is 12.2 Å². The van der Waals surface area contributed by atoms with Crippen molar-refractivity contribution in [1.82, 2.24) is 0 Å². The third kappa shape index (κ3) is 8.95. The number of ether oxygens (including phenoxy) is 2. The molecule has 0 radical (unpaired) electrons. The van der Waals surface area contributed by atoms with Gasteiger partial charge in [0, 0.05) is 37.5 Å². The van der Waals surface area contributed by atoms with Crippen LogP contribution in [0.15, 0.2) is 36.3 Å². The molecule has 0 heterocycles. The standard InChI is InChI=1S/C26H42O5.C26H40O5/c2*1-6-7-16(2)30-31-19-10-12-25(4)18(14-19)15-22(28)24-20-8-9-23(29-17(3)27)26(20,5)13-11-21(24)25/h18-24,28H,2,6-15H2,1,3-5H3;15,19-24,28H,2,6-14H2,1,3-5H3/t18?,19-,20?,21?,22-,23-,24?,25-,26-;19-,20?,21?,22-,23-,24?,25-,26-/m00/s1. The Balaban J connectivity index is 0.000000186. The first-order chi connectivity index (χ1) is 29.4. The van der Waals surface area contributed by atoms with Crippen molar-refractivity contribution in [2.45, 2.75) is 214 Å². The number of esters is 2. The highest BCUT2D eigenvalue weighted by Gasteiger charge is 2.64. The lowest BCUT2D eigenvalue weighted by Gasteiger charge is -2.62. The van der Waals surface area contributed by atoms with Crippen molar-refractivity contribution in [3.8, 4) is 0 Å². The summed E-state index contributed by atoms with van der Waals surface area (Å²) in [5, 5.41) is 22.7. The highest BCUT2D eigenvalue weighted by atomic mass is 17.2. The summed E-state index contributed by atoms with van der Waals surface area (Å²) in [4.78, 5) is 45.8. The van der Waals surface area contributed by atoms with Crippen molar-refractivity contribution in [3.63, 3.8) is 0 Å². The fourth-order valence-corrected chi connectivity index (χ4v) is 15.6. The molecule has 0 aromatic heterocycles. The Morgan fingerprint density at radius 3 is 1.71 bits per heavy atom. The third-order valence-electron chi connectivity index (χ3n) is 18.8. The summed E-state index contributed by atoms with van der Waals surface area (Å²) in [7, 11) is 0. The minimum Gasteiger partial charge on any atom is -0.462 e. The van der Waals surface area contributed by atoms with E-state index in [9.17, 15) is 19.8 Å². The lowest BCUT2D eigenvalue weighted by atomic mass is 9.44. The van der Waals surface area contributed by atoms with Crippen molar-refractivity contribution < 1.29 is 48.8 Å². The van der Waals surface area contributed by atoms with Gasteiger partial charge in [-0.25, -0.2) is 0 Å². The average molecular weight is 867 g/mol. The zero-order chi connectivity index (χ0) is 44.8. The molecule has 62 heavy (non-hydrogen) atoms. The predicted octanol–water partition coefficient (Wildman–Crippen LogP) is 11.0. The van der Waals surface area contributed by atoms with Gasteiger partial charge in [-0.15, -0.1) is 0 Å². The number of allylic oxidation sites excluding steroid dienone is 2. The second-order valence-corrected chi connectivity index (χ2v) is 22.3. The topological polar surface area (TPSA) is 130 Å². The van der Waals surface area contributed by atoms with Gasteiger partial charge in [-0.3, -0.25) is 9.59 Å². The molecule has 8 aliphatic carbocycles. The van der Waals surface area contributed by atoms with Crippen LogP contribution in [0, 0.1) is 63.1 Å². The highest BCUT2D eigenvalue weighted by Crippen LogP contribution is 2.68. The largest absolute Gasteiger partial charge is 0.462 e. The number of hydrogen-bond donors (Lipinski definition) is 2. The summed E-state index contributed by atoms with van der Waals surface area (Å²) in [6.07, 6.45) is 20.2. The number of rotatable bonds is 12. The fourth-order valence-electron chi connectivity index (χ4n) is 15.6. The molecule has 0 bridgehead atoms. The van der Waals surface area contributed by atoms with Gasteiger partial charge >= 0.3 is 11.9 Å². The molecular weight excluding hydrogens is 785 g/mol. The average Bonchev–Trinajstić information content (AvgIpc) is 3.72. The lowest BCUT2D eigenvalue weighted by Crippen LogP contribution is -2.59. The van der Waals surface area contributed by atoms with Crippen molar-refractivity contribution in [3.05, 3.63) is 36.3 Å². The van der Waals surface area contributed by atoms with Crippen LogP contribution in [0.3, 0.4) is 0 Å². The molecule has 10 heteroatoms. The van der Waals surface area contributed by atoms with Crippen molar-refractivity contribution in [2.24, 2.45) is 63.1 Å². The van der Waals surface area contributed by atoms with E-state index in [1.807, 2.05) is 0 Å². The maximum Gasteiger partial charge on any atom is 0.302 e. The first-order valence-corrected chi connectivity index (χ1v) is 24.8. The molecule has 7 saturated carbocycles. The van der Waals surface area contributed by atoms with Gasteiger partial charge in [0.1, 0.15) is 35.9 Å². The van der Waals surface area contributed by atoms with Crippen LogP contribution in [0.1, 0.15) is 177 Å². The zero-order valence-electron chi connectivity index (χ0n) is 39.6. The third-order valence-corrected chi connectivity index (χ3v) is 18.8. The van der Waals surface area contributed by atoms with Gasteiger partial charge in [-0.2, -0.15) is 9.78 Å². The Labute approximate surface area is 373 Å². The second-order valence-electron chi connectivity index (χ2n) is 22.3. The Morgan fingerprint density at radius 2 is 1.15 bits per heavy atom. The monoisotopic (exact) mass is 867 g/mol. The molecule has 0 spiro atoms. The normalized spacial score (nSPS) is 45.1. The summed E-state index contributed by atoms with van der Waals surface area (Å²) in [6, 6.07) is 0. The van der Waals surface area contributed by atoms with Crippen LogP contribution in [0.25, 0.3) is 0 Å². The molecule has 10 nitrogen and oxygen atoms in total. The molecule has 8 rings (SSSR count). The molecule has 0 amide bonds. The van der Waals surface area contributed by atoms with Crippen LogP contribution in [-0.2, 0) is 38.6 Å². The molecular formula is C52H82O10. The van der Waals surface area contributed by atoms with Crippen LogP contribution in [0.2, 0.25) is 0 Å². The number of fused-ring (bicyclic) bond motifs is 10. The Bertz CT molecular complexity index is 1680. The smallest absolute Gasteiger partial charge is 0.302 e. The summed E-state index contributed by atoms with van der Waals surface area (Å²) in [5.74, 6) is 3.89. The summed E-state index contributed by atoms with van der Waals surface area (Å²) < 4.78 is 11.5. The Kier molecular flexibility index (Phi) is 14.4. The molecule has 0 saturated heterocycles. The maximum absolute atomic E-state index is 11.7. The summed E-state index contributed by atoms with van der Waals surface area (Å²) in [6.45, 7) is 24.5. The summed E-state index contributed by atoms with van der Waals surface area (Å²) >= 11 is 0. The summed E-state index contributed by atoms with van der Waals surface area (Å²) in [5.41, 5.74) is 1.66. The lowest BCUT2D eigenvalue weighted by molar-refractivity contribution is -0.313. The number of carbonyl (C=O) groups excluding carboxylic acids is 2. The molecule has 7 fully saturated rings. The van der Waals surface area contributed by atoms with E-state index in [1.165, 1.54) is 19.4 Å². The first kappa shape index (κ1) is 47.6. The van der Waals surface area contributed by atoms with Crippen LogP contribution >= 0.6 is 0 Å². The van der Waals surface area contributed by atoms with Crippen molar-refractivity contribution in [2.75, 3.05) is 0 Å². The van der Waals surface area contributed by atoms with Gasteiger partial charge in [-0.05, 0) is 161 Å². The van der Waals surface area contributed by atoms with Gasteiger partial charge in [0.25, 0.3) is 0 Å². The first-order valence-electron chi connectivity index (χ1n) is 24.8. The number of hydrogen-bond acceptors (Lipinski definition) is 10. The fraction of sp³-hybridized carbons (Fsp3) is 0.846. The molecule has 0 aromatic rings. The van der Waals surface area contributed by atoms with Crippen LogP contribution in [0.5, 0.6) is 0 Å². The number of aliphatic hydroxyl groups excluding tert-OH is 2. The maximum atomic E-state index is 11.7. The minimum atomic E-state index is -0.441. The number of aliphatic hydroxyl groups is 2. The van der Waals surface area contributed by atoms with Crippen LogP contribution < -0.4 is 0 Å². The Morgan fingerprint density at radius 1 is 0.645 bits per heavy atom. The molecule has 17 atom stereocenters. The minimum absolute atomic E-state index is 0.00477. The van der Waals surface area contributed by atoms with Gasteiger partial charge < -0.3 is 29.5 Å². The van der Waals surface area contributed by atoms with E-state index in [1.54, 1.807) is 0 Å². The Hall–Kier alpha value is -2.40. The van der Waals surface area contributed by atoms with Gasteiger partial charge in [0.15, 0.2) is 0 Å². The molecule has 2 N–H and O–H groups in total. The van der Waals surface area contributed by atoms with E-state index >= 15 is 0 Å². The SMILES string of the molecule is C=C(CCC)OO[C@H]1CC[C@@]2(C)C(=C[C@H](O)C3C2CC[C@@]2(C)C3CC[C@@H]2OC(C)=O)C1.C=C(CCC)OO[C@H]1CC[C@@]2(C)C(C1)C[C@H](O)C1C2CC[C@@]2(C)C1CC[C@@H]2OC(C)=O. The van der Waals surface area contributed by atoms with E-state index in [0.717, 1.165) is 122 Å².